The molecule has 0 bridgehead atoms. The lowest BCUT2D eigenvalue weighted by Crippen LogP contribution is -2.27. The van der Waals surface area contributed by atoms with E-state index in [4.69, 9.17) is 4.99 Å². The first kappa shape index (κ1) is 20.4. The van der Waals surface area contributed by atoms with Gasteiger partial charge in [0.15, 0.2) is 6.71 Å². The van der Waals surface area contributed by atoms with E-state index in [0.717, 1.165) is 18.5 Å². The maximum Gasteiger partial charge on any atom is 0.197 e. The zero-order chi connectivity index (χ0) is 19.6. The van der Waals surface area contributed by atoms with E-state index in [-0.39, 0.29) is 0 Å². The smallest absolute Gasteiger partial charge is 0.197 e. The fourth-order valence-corrected chi connectivity index (χ4v) is 4.19. The average molecular weight is 372 g/mol. The molecule has 2 aromatic carbocycles. The maximum absolute atomic E-state index is 5.08. The summed E-state index contributed by atoms with van der Waals surface area (Å²) in [5.41, 5.74) is 6.42. The van der Waals surface area contributed by atoms with Crippen molar-refractivity contribution < 1.29 is 0 Å². The topological polar surface area (TPSA) is 24.4 Å². The number of rotatable bonds is 8. The molecule has 2 aromatic rings. The Morgan fingerprint density at radius 3 is 2.11 bits per heavy atom. The number of hydrogen-bond donors (Lipinski definition) is 1. The van der Waals surface area contributed by atoms with Crippen LogP contribution < -0.4 is 5.32 Å². The van der Waals surface area contributed by atoms with E-state index >= 15 is 0 Å². The van der Waals surface area contributed by atoms with Crippen molar-refractivity contribution >= 4 is 23.8 Å². The Balaban J connectivity index is 2.04. The van der Waals surface area contributed by atoms with Crippen molar-refractivity contribution in [1.29, 1.82) is 0 Å². The molecule has 2 nitrogen and oxygen atoms in total. The molecule has 0 aromatic heterocycles. The van der Waals surface area contributed by atoms with Gasteiger partial charge >= 0.3 is 0 Å². The van der Waals surface area contributed by atoms with Gasteiger partial charge in [-0.05, 0) is 61.1 Å². The average Bonchev–Trinajstić information content (AvgIpc) is 2.74. The van der Waals surface area contributed by atoms with E-state index in [9.17, 15) is 0 Å². The molecule has 0 saturated heterocycles. The van der Waals surface area contributed by atoms with Gasteiger partial charge in [0.05, 0.1) is 5.69 Å². The zero-order valence-corrected chi connectivity index (χ0v) is 17.5. The molecule has 0 amide bonds. The molecule has 1 saturated carbocycles. The second-order valence-corrected chi connectivity index (χ2v) is 7.76. The standard InChI is InChI=1S/C25H33BN2/c1-3-19-26(20-4-2)25(28-22-15-9-6-10-16-22)23-17-11-12-18-24(23)27-21-13-7-5-8-14-21/h5-10,13-16,28H,3-4,11-12,17-20H2,1-2H3/b25-23+,27-24?. The number of hydrogen-bond acceptors (Lipinski definition) is 2. The minimum atomic E-state index is 0.573. The van der Waals surface area contributed by atoms with Crippen molar-refractivity contribution in [2.75, 3.05) is 5.32 Å². The van der Waals surface area contributed by atoms with Crippen molar-refractivity contribution in [3.8, 4) is 0 Å². The molecule has 0 atom stereocenters. The van der Waals surface area contributed by atoms with Crippen molar-refractivity contribution in [3.63, 3.8) is 0 Å². The van der Waals surface area contributed by atoms with Crippen LogP contribution in [-0.2, 0) is 0 Å². The highest BCUT2D eigenvalue weighted by Gasteiger charge is 2.25. The Hall–Kier alpha value is -2.29. The number of para-hydroxylation sites is 2. The maximum atomic E-state index is 5.08. The molecule has 3 heteroatoms. The Labute approximate surface area is 171 Å². The van der Waals surface area contributed by atoms with Gasteiger partial charge in [-0.15, -0.1) is 0 Å². The third-order valence-corrected chi connectivity index (χ3v) is 5.52. The third-order valence-electron chi connectivity index (χ3n) is 5.52. The lowest BCUT2D eigenvalue weighted by atomic mass is 9.40. The number of aliphatic imine (C=N–C) groups is 1. The van der Waals surface area contributed by atoms with Gasteiger partial charge in [-0.2, -0.15) is 0 Å². The van der Waals surface area contributed by atoms with Crippen LogP contribution in [0.15, 0.2) is 76.8 Å². The third kappa shape index (κ3) is 5.61. The molecule has 1 aliphatic carbocycles. The van der Waals surface area contributed by atoms with E-state index in [1.807, 2.05) is 0 Å². The van der Waals surface area contributed by atoms with Gasteiger partial charge in [0, 0.05) is 11.4 Å². The van der Waals surface area contributed by atoms with Gasteiger partial charge in [0.1, 0.15) is 0 Å². The monoisotopic (exact) mass is 372 g/mol. The lowest BCUT2D eigenvalue weighted by molar-refractivity contribution is 0.730. The Morgan fingerprint density at radius 2 is 1.46 bits per heavy atom. The zero-order valence-electron chi connectivity index (χ0n) is 17.5. The summed E-state index contributed by atoms with van der Waals surface area (Å²) in [7, 11) is 0. The fourth-order valence-electron chi connectivity index (χ4n) is 4.19. The normalized spacial score (nSPS) is 17.4. The molecule has 3 rings (SSSR count). The summed E-state index contributed by atoms with van der Waals surface area (Å²) in [6.07, 6.45) is 9.58. The van der Waals surface area contributed by atoms with Crippen LogP contribution >= 0.6 is 0 Å². The Bertz CT molecular complexity index is 775. The summed E-state index contributed by atoms with van der Waals surface area (Å²) < 4.78 is 0. The highest BCUT2D eigenvalue weighted by Crippen LogP contribution is 2.30. The highest BCUT2D eigenvalue weighted by molar-refractivity contribution is 6.68. The van der Waals surface area contributed by atoms with Gasteiger partial charge in [-0.1, -0.05) is 75.7 Å². The first-order chi connectivity index (χ1) is 13.8. The predicted octanol–water partition coefficient (Wildman–Crippen LogP) is 7.55. The van der Waals surface area contributed by atoms with Crippen LogP contribution in [0.1, 0.15) is 52.4 Å². The Morgan fingerprint density at radius 1 is 0.857 bits per heavy atom. The fraction of sp³-hybridized carbons (Fsp3) is 0.400. The second kappa shape index (κ2) is 10.9. The summed E-state index contributed by atoms with van der Waals surface area (Å²) >= 11 is 0. The minimum Gasteiger partial charge on any atom is -0.367 e. The van der Waals surface area contributed by atoms with Gasteiger partial charge < -0.3 is 5.32 Å². The quantitative estimate of drug-likeness (QED) is 0.475. The van der Waals surface area contributed by atoms with Crippen molar-refractivity contribution in [2.24, 2.45) is 4.99 Å². The van der Waals surface area contributed by atoms with Gasteiger partial charge in [-0.25, -0.2) is 0 Å². The van der Waals surface area contributed by atoms with Crippen LogP contribution in [0.2, 0.25) is 12.6 Å². The first-order valence-electron chi connectivity index (χ1n) is 11.0. The molecule has 0 heterocycles. The van der Waals surface area contributed by atoms with E-state index in [1.54, 1.807) is 0 Å². The molecule has 0 aliphatic heterocycles. The SMILES string of the molecule is CCCB(CCC)/C(Nc1ccccc1)=C1/CCCCC1=Nc1ccccc1. The molecule has 0 spiro atoms. The predicted molar refractivity (Wildman–Crippen MR) is 125 cm³/mol. The van der Waals surface area contributed by atoms with Gasteiger partial charge in [0.25, 0.3) is 0 Å². The molecular weight excluding hydrogens is 339 g/mol. The van der Waals surface area contributed by atoms with Crippen molar-refractivity contribution in [3.05, 3.63) is 71.8 Å². The summed E-state index contributed by atoms with van der Waals surface area (Å²) in [6.45, 7) is 5.17. The number of nitrogens with one attached hydrogen (secondary N) is 1. The van der Waals surface area contributed by atoms with Crippen molar-refractivity contribution in [2.45, 2.75) is 65.0 Å². The van der Waals surface area contributed by atoms with Crippen LogP contribution in [0.5, 0.6) is 0 Å². The van der Waals surface area contributed by atoms with Gasteiger partial charge in [0.2, 0.25) is 0 Å². The number of allylic oxidation sites excluding steroid dienone is 1. The summed E-state index contributed by atoms with van der Waals surface area (Å²) in [5.74, 6) is 0. The molecule has 1 fully saturated rings. The largest absolute Gasteiger partial charge is 0.367 e. The van der Waals surface area contributed by atoms with Crippen molar-refractivity contribution in [1.82, 2.24) is 0 Å². The molecule has 0 radical (unpaired) electrons. The number of benzene rings is 2. The van der Waals surface area contributed by atoms with Crippen LogP contribution in [0.3, 0.4) is 0 Å². The second-order valence-electron chi connectivity index (χ2n) is 7.76. The summed E-state index contributed by atoms with van der Waals surface area (Å²) in [5, 5.41) is 3.83. The Kier molecular flexibility index (Phi) is 7.96. The van der Waals surface area contributed by atoms with E-state index in [1.165, 1.54) is 60.9 Å². The van der Waals surface area contributed by atoms with Crippen LogP contribution in [0.25, 0.3) is 0 Å². The van der Waals surface area contributed by atoms with E-state index in [2.05, 4.69) is 79.8 Å². The molecule has 1 N–H and O–H groups in total. The van der Waals surface area contributed by atoms with Crippen LogP contribution in [-0.4, -0.2) is 12.4 Å². The molecular formula is C25H33BN2. The van der Waals surface area contributed by atoms with Crippen LogP contribution in [0.4, 0.5) is 11.4 Å². The number of anilines is 1. The molecule has 28 heavy (non-hydrogen) atoms. The van der Waals surface area contributed by atoms with E-state index < -0.39 is 0 Å². The highest BCUT2D eigenvalue weighted by atomic mass is 14.9. The molecule has 1 aliphatic rings. The van der Waals surface area contributed by atoms with Crippen LogP contribution in [0, 0.1) is 0 Å². The van der Waals surface area contributed by atoms with Gasteiger partial charge in [-0.3, -0.25) is 4.99 Å². The molecule has 0 unspecified atom stereocenters. The first-order valence-corrected chi connectivity index (χ1v) is 11.0. The molecule has 146 valence electrons. The summed E-state index contributed by atoms with van der Waals surface area (Å²) in [6, 6.07) is 21.1. The van der Waals surface area contributed by atoms with E-state index in [0.29, 0.717) is 6.71 Å². The minimum absolute atomic E-state index is 0.573. The summed E-state index contributed by atoms with van der Waals surface area (Å²) in [4.78, 5) is 5.08. The lowest BCUT2D eigenvalue weighted by Gasteiger charge is -2.27. The number of nitrogens with zero attached hydrogens (tertiary/aromatic N) is 1.